The number of ether oxygens (including phenoxy) is 1. The van der Waals surface area contributed by atoms with E-state index in [1.54, 1.807) is 0 Å². The fourth-order valence-corrected chi connectivity index (χ4v) is 0.510. The summed E-state index contributed by atoms with van der Waals surface area (Å²) in [5, 5.41) is 0. The molecule has 0 aromatic carbocycles. The van der Waals surface area contributed by atoms with E-state index in [1.165, 1.54) is 12.8 Å². The van der Waals surface area contributed by atoms with Crippen molar-refractivity contribution in [2.75, 3.05) is 13.2 Å². The average molecular weight is 392 g/mol. The summed E-state index contributed by atoms with van der Waals surface area (Å²) >= 11 is -3.39. The van der Waals surface area contributed by atoms with Gasteiger partial charge in [-0.3, -0.25) is 0 Å². The molecule has 0 aromatic rings. The first-order valence-electron chi connectivity index (χ1n) is 2.83. The maximum absolute atomic E-state index is 5.05. The normalized spacial score (nSPS) is 18.0. The van der Waals surface area contributed by atoms with Crippen molar-refractivity contribution in [2.24, 2.45) is 0 Å². The van der Waals surface area contributed by atoms with Gasteiger partial charge in [0.1, 0.15) is 0 Å². The monoisotopic (exact) mass is 392 g/mol. The molecule has 62 valence electrons. The van der Waals surface area contributed by atoms with Gasteiger partial charge >= 0.3 is 49.5 Å². The van der Waals surface area contributed by atoms with Gasteiger partial charge in [0.2, 0.25) is 0 Å². The summed E-state index contributed by atoms with van der Waals surface area (Å²) in [5.41, 5.74) is 0. The molecule has 0 spiro atoms. The Balaban J connectivity index is 0.000000162. The van der Waals surface area contributed by atoms with E-state index in [9.17, 15) is 0 Å². The van der Waals surface area contributed by atoms with Gasteiger partial charge in [-0.1, -0.05) is 0 Å². The van der Waals surface area contributed by atoms with Crippen molar-refractivity contribution < 1.29 is 20.0 Å². The fourth-order valence-electron chi connectivity index (χ4n) is 0.510. The van der Waals surface area contributed by atoms with Gasteiger partial charge in [-0.2, -0.15) is 0 Å². The van der Waals surface area contributed by atoms with Crippen LogP contribution < -0.4 is 0 Å². The second-order valence-electron chi connectivity index (χ2n) is 1.75. The zero-order valence-electron chi connectivity index (χ0n) is 5.25. The second-order valence-corrected chi connectivity index (χ2v) is 32.9. The molecule has 1 heterocycles. The standard InChI is InChI=1S/C4H8O.4ClH.Hf/c1-2-4-5-3-1;;;;;/h1-4H2;4*1H;/q;;;;;+4/p-4. The zero-order chi connectivity index (χ0) is 8.04. The van der Waals surface area contributed by atoms with Crippen LogP contribution in [-0.4, -0.2) is 13.2 Å². The van der Waals surface area contributed by atoms with E-state index in [4.69, 9.17) is 39.0 Å². The summed E-state index contributed by atoms with van der Waals surface area (Å²) in [4.78, 5) is 0. The number of hydrogen-bond acceptors (Lipinski definition) is 1. The van der Waals surface area contributed by atoms with Crippen molar-refractivity contribution in [3.63, 3.8) is 0 Å². The Hall–Kier alpha value is 1.99. The van der Waals surface area contributed by atoms with Crippen LogP contribution in [0.1, 0.15) is 12.8 Å². The molecule has 1 rings (SSSR count). The van der Waals surface area contributed by atoms with E-state index in [2.05, 4.69) is 0 Å². The first kappa shape index (κ1) is 12.0. The van der Waals surface area contributed by atoms with Gasteiger partial charge in [0.15, 0.2) is 0 Å². The Bertz CT molecular complexity index is 66.2. The van der Waals surface area contributed by atoms with E-state index < -0.39 is 15.2 Å². The van der Waals surface area contributed by atoms with Gasteiger partial charge < -0.3 is 4.74 Å². The van der Waals surface area contributed by atoms with Crippen LogP contribution in [0.25, 0.3) is 0 Å². The van der Waals surface area contributed by atoms with E-state index in [1.807, 2.05) is 0 Å². The van der Waals surface area contributed by atoms with Crippen LogP contribution in [0.4, 0.5) is 0 Å². The molecular formula is C4H8Cl4HfO. The number of halogens is 4. The van der Waals surface area contributed by atoms with Crippen LogP contribution in [0.3, 0.4) is 0 Å². The minimum absolute atomic E-state index is 1.00. The van der Waals surface area contributed by atoms with Gasteiger partial charge in [-0.25, -0.2) is 0 Å². The van der Waals surface area contributed by atoms with Crippen molar-refractivity contribution in [3.05, 3.63) is 0 Å². The van der Waals surface area contributed by atoms with Crippen molar-refractivity contribution in [2.45, 2.75) is 12.8 Å². The van der Waals surface area contributed by atoms with Crippen molar-refractivity contribution >= 4 is 34.3 Å². The molecule has 0 aromatic heterocycles. The quantitative estimate of drug-likeness (QED) is 0.573. The van der Waals surface area contributed by atoms with Crippen LogP contribution in [-0.2, 0) is 20.0 Å². The van der Waals surface area contributed by atoms with Gasteiger partial charge in [0.05, 0.1) is 0 Å². The van der Waals surface area contributed by atoms with Crippen LogP contribution >= 0.6 is 34.3 Å². The molecule has 1 aliphatic rings. The molecule has 0 saturated carbocycles. The van der Waals surface area contributed by atoms with Gasteiger partial charge in [-0.15, -0.1) is 0 Å². The molecule has 0 bridgehead atoms. The van der Waals surface area contributed by atoms with Crippen LogP contribution in [0.5, 0.6) is 0 Å². The SMILES string of the molecule is C1CCOC1.[Cl][Hf]([Cl])([Cl])[Cl]. The molecule has 0 amide bonds. The Morgan fingerprint density at radius 3 is 1.30 bits per heavy atom. The summed E-state index contributed by atoms with van der Waals surface area (Å²) in [5.74, 6) is 0. The predicted molar refractivity (Wildman–Crippen MR) is 43.5 cm³/mol. The third-order valence-electron chi connectivity index (χ3n) is 0.827. The molecule has 1 aliphatic heterocycles. The fraction of sp³-hybridized carbons (Fsp3) is 1.00. The molecular weight excluding hydrogens is 384 g/mol. The molecule has 10 heavy (non-hydrogen) atoms. The van der Waals surface area contributed by atoms with Crippen molar-refractivity contribution in [3.8, 4) is 0 Å². The van der Waals surface area contributed by atoms with E-state index in [0.29, 0.717) is 0 Å². The van der Waals surface area contributed by atoms with Gasteiger partial charge in [0, 0.05) is 13.2 Å². The first-order valence-corrected chi connectivity index (χ1v) is 20.6. The number of hydrogen-bond donors (Lipinski definition) is 0. The second kappa shape index (κ2) is 6.50. The molecule has 1 saturated heterocycles. The van der Waals surface area contributed by atoms with E-state index in [-0.39, 0.29) is 0 Å². The van der Waals surface area contributed by atoms with Crippen LogP contribution in [0.15, 0.2) is 0 Å². The third-order valence-corrected chi connectivity index (χ3v) is 0.827. The Morgan fingerprint density at radius 1 is 0.900 bits per heavy atom. The van der Waals surface area contributed by atoms with Gasteiger partial charge in [-0.05, 0) is 12.8 Å². The molecule has 0 atom stereocenters. The van der Waals surface area contributed by atoms with Crippen molar-refractivity contribution in [1.29, 1.82) is 0 Å². The molecule has 0 aliphatic carbocycles. The molecule has 1 nitrogen and oxygen atoms in total. The zero-order valence-corrected chi connectivity index (χ0v) is 11.9. The topological polar surface area (TPSA) is 9.23 Å². The molecule has 1 fully saturated rings. The van der Waals surface area contributed by atoms with Crippen molar-refractivity contribution in [1.82, 2.24) is 0 Å². The summed E-state index contributed by atoms with van der Waals surface area (Å²) in [6, 6.07) is 0. The molecule has 0 N–H and O–H groups in total. The third kappa shape index (κ3) is 16.5. The Labute approximate surface area is 79.5 Å². The van der Waals surface area contributed by atoms with Gasteiger partial charge in [0.25, 0.3) is 0 Å². The van der Waals surface area contributed by atoms with E-state index in [0.717, 1.165) is 13.2 Å². The number of rotatable bonds is 0. The summed E-state index contributed by atoms with van der Waals surface area (Å²) < 4.78 is 4.94. The van der Waals surface area contributed by atoms with E-state index >= 15 is 0 Å². The predicted octanol–water partition coefficient (Wildman–Crippen LogP) is 3.55. The Kier molecular flexibility index (Phi) is 7.79. The van der Waals surface area contributed by atoms with Crippen LogP contribution in [0.2, 0.25) is 0 Å². The summed E-state index contributed by atoms with van der Waals surface area (Å²) in [6.45, 7) is 2.00. The summed E-state index contributed by atoms with van der Waals surface area (Å²) in [7, 11) is 20.2. The molecule has 0 radical (unpaired) electrons. The minimum atomic E-state index is -3.39. The average Bonchev–Trinajstić information content (AvgIpc) is 2.07. The Morgan fingerprint density at radius 2 is 1.20 bits per heavy atom. The molecule has 6 heteroatoms. The van der Waals surface area contributed by atoms with Crippen LogP contribution in [0, 0.1) is 0 Å². The molecule has 0 unspecified atom stereocenters. The maximum atomic E-state index is 5.05. The first-order chi connectivity index (χ1) is 4.50. The summed E-state index contributed by atoms with van der Waals surface area (Å²) in [6.07, 6.45) is 2.56.